The third kappa shape index (κ3) is 5.78. The van der Waals surface area contributed by atoms with Crippen molar-refractivity contribution in [2.75, 3.05) is 26.8 Å². The van der Waals surface area contributed by atoms with Gasteiger partial charge in [-0.15, -0.1) is 0 Å². The van der Waals surface area contributed by atoms with E-state index in [0.717, 1.165) is 0 Å². The summed E-state index contributed by atoms with van der Waals surface area (Å²) in [5, 5.41) is 2.84. The summed E-state index contributed by atoms with van der Waals surface area (Å²) < 4.78 is 11.9. The zero-order valence-electron chi connectivity index (χ0n) is 19.9. The number of amides is 2. The third-order valence-electron chi connectivity index (χ3n) is 5.32. The molecule has 0 spiro atoms. The van der Waals surface area contributed by atoms with Crippen LogP contribution in [0.3, 0.4) is 0 Å². The first-order valence-corrected chi connectivity index (χ1v) is 11.0. The van der Waals surface area contributed by atoms with Crippen molar-refractivity contribution in [3.05, 3.63) is 63.3 Å². The number of hydrogen-bond donors (Lipinski definition) is 1. The van der Waals surface area contributed by atoms with Crippen molar-refractivity contribution in [2.24, 2.45) is 0 Å². The Bertz CT molecular complexity index is 1060. The Morgan fingerprint density at radius 2 is 1.91 bits per heavy atom. The van der Waals surface area contributed by atoms with Crippen molar-refractivity contribution >= 4 is 12.0 Å². The Balaban J connectivity index is 1.97. The van der Waals surface area contributed by atoms with Crippen LogP contribution >= 0.6 is 0 Å². The lowest BCUT2D eigenvalue weighted by molar-refractivity contribution is -0.123. The van der Waals surface area contributed by atoms with E-state index in [1.54, 1.807) is 18.9 Å². The van der Waals surface area contributed by atoms with Gasteiger partial charge in [0.15, 0.2) is 0 Å². The highest BCUT2D eigenvalue weighted by atomic mass is 16.6. The Labute approximate surface area is 193 Å². The third-order valence-corrected chi connectivity index (χ3v) is 5.32. The van der Waals surface area contributed by atoms with E-state index < -0.39 is 17.7 Å². The highest BCUT2D eigenvalue weighted by molar-refractivity contribution is 5.83. The number of ether oxygens (including phenoxy) is 2. The minimum atomic E-state index is -0.864. The predicted molar refractivity (Wildman–Crippen MR) is 123 cm³/mol. The molecule has 9 nitrogen and oxygen atoms in total. The van der Waals surface area contributed by atoms with E-state index in [0.29, 0.717) is 48.8 Å². The van der Waals surface area contributed by atoms with Gasteiger partial charge in [-0.05, 0) is 39.7 Å². The topological polar surface area (TPSA) is 103 Å². The molecule has 2 aromatic rings. The highest BCUT2D eigenvalue weighted by Crippen LogP contribution is 2.22. The second-order valence-corrected chi connectivity index (χ2v) is 9.01. The van der Waals surface area contributed by atoms with Gasteiger partial charge in [0.2, 0.25) is 5.91 Å². The van der Waals surface area contributed by atoms with Crippen LogP contribution in [-0.4, -0.2) is 58.9 Å². The van der Waals surface area contributed by atoms with Crippen LogP contribution in [0, 0.1) is 6.92 Å². The Morgan fingerprint density at radius 3 is 2.55 bits per heavy atom. The van der Waals surface area contributed by atoms with Crippen LogP contribution in [0.2, 0.25) is 0 Å². The second kappa shape index (κ2) is 10.2. The number of nitrogens with one attached hydrogen (secondary N) is 1. The van der Waals surface area contributed by atoms with Crippen molar-refractivity contribution in [3.8, 4) is 0 Å². The van der Waals surface area contributed by atoms with Crippen LogP contribution in [0.1, 0.15) is 49.5 Å². The van der Waals surface area contributed by atoms with Crippen LogP contribution in [0.5, 0.6) is 0 Å². The predicted octanol–water partition coefficient (Wildman–Crippen LogP) is 2.20. The lowest BCUT2D eigenvalue weighted by Crippen LogP contribution is -2.45. The van der Waals surface area contributed by atoms with Gasteiger partial charge in [-0.1, -0.05) is 30.3 Å². The number of fused-ring (bicyclic) bond motifs is 1. The van der Waals surface area contributed by atoms with Crippen LogP contribution in [-0.2, 0) is 27.2 Å². The summed E-state index contributed by atoms with van der Waals surface area (Å²) in [6.45, 7) is 8.36. The molecule has 1 unspecified atom stereocenters. The average molecular weight is 457 g/mol. The fourth-order valence-electron chi connectivity index (χ4n) is 3.83. The van der Waals surface area contributed by atoms with Gasteiger partial charge >= 0.3 is 6.09 Å². The molecule has 0 fully saturated rings. The first-order valence-electron chi connectivity index (χ1n) is 11.0. The van der Waals surface area contributed by atoms with E-state index in [9.17, 15) is 14.4 Å². The number of aryl methyl sites for hydroxylation is 1. The van der Waals surface area contributed by atoms with Crippen LogP contribution in [0.15, 0.2) is 35.1 Å². The van der Waals surface area contributed by atoms with Gasteiger partial charge in [-0.3, -0.25) is 14.2 Å². The van der Waals surface area contributed by atoms with E-state index in [4.69, 9.17) is 9.47 Å². The lowest BCUT2D eigenvalue weighted by atomic mass is 10.0. The van der Waals surface area contributed by atoms with Crippen LogP contribution in [0.4, 0.5) is 4.79 Å². The molecule has 1 aliphatic heterocycles. The van der Waals surface area contributed by atoms with E-state index >= 15 is 0 Å². The number of carbonyl (C=O) groups is 2. The minimum Gasteiger partial charge on any atom is -0.444 e. The van der Waals surface area contributed by atoms with Crippen molar-refractivity contribution in [2.45, 2.75) is 52.3 Å². The molecule has 0 bridgehead atoms. The molecular weight excluding hydrogens is 424 g/mol. The first-order chi connectivity index (χ1) is 15.6. The number of rotatable bonds is 6. The molecule has 178 valence electrons. The molecular formula is C24H32N4O5. The molecule has 2 amide bonds. The maximum absolute atomic E-state index is 13.6. The zero-order chi connectivity index (χ0) is 24.2. The molecule has 9 heteroatoms. The van der Waals surface area contributed by atoms with E-state index in [2.05, 4.69) is 10.3 Å². The van der Waals surface area contributed by atoms with Gasteiger partial charge in [0.25, 0.3) is 5.56 Å². The van der Waals surface area contributed by atoms with Gasteiger partial charge in [0.1, 0.15) is 17.5 Å². The van der Waals surface area contributed by atoms with Gasteiger partial charge in [-0.25, -0.2) is 9.78 Å². The molecule has 1 aromatic heterocycles. The summed E-state index contributed by atoms with van der Waals surface area (Å²) in [4.78, 5) is 45.4. The van der Waals surface area contributed by atoms with Crippen molar-refractivity contribution < 1.29 is 19.1 Å². The molecule has 1 N–H and O–H groups in total. The normalized spacial score (nSPS) is 14.4. The lowest BCUT2D eigenvalue weighted by Gasteiger charge is -2.31. The maximum atomic E-state index is 13.6. The molecule has 1 atom stereocenters. The van der Waals surface area contributed by atoms with Crippen LogP contribution < -0.4 is 10.9 Å². The van der Waals surface area contributed by atoms with E-state index in [1.165, 1.54) is 4.57 Å². The number of aromatic nitrogens is 2. The Morgan fingerprint density at radius 1 is 1.21 bits per heavy atom. The summed E-state index contributed by atoms with van der Waals surface area (Å²) in [5.74, 6) is 0.0944. The molecule has 1 aromatic carbocycles. The highest BCUT2D eigenvalue weighted by Gasteiger charge is 2.32. The SMILES string of the molecule is COCCNC(=O)C(c1ccccc1)n1c(C)nc2c(c1=O)CCN(C(=O)OC(C)(C)C)C2. The smallest absolute Gasteiger partial charge is 0.410 e. The molecule has 33 heavy (non-hydrogen) atoms. The first kappa shape index (κ1) is 24.4. The summed E-state index contributed by atoms with van der Waals surface area (Å²) in [6, 6.07) is 8.28. The van der Waals surface area contributed by atoms with Gasteiger partial charge in [0.05, 0.1) is 18.8 Å². The minimum absolute atomic E-state index is 0.192. The van der Waals surface area contributed by atoms with Crippen molar-refractivity contribution in [1.29, 1.82) is 0 Å². The number of nitrogens with zero attached hydrogens (tertiary/aromatic N) is 3. The summed E-state index contributed by atoms with van der Waals surface area (Å²) in [7, 11) is 1.56. The number of hydrogen-bond acceptors (Lipinski definition) is 6. The van der Waals surface area contributed by atoms with E-state index in [-0.39, 0.29) is 18.0 Å². The van der Waals surface area contributed by atoms with E-state index in [1.807, 2.05) is 51.1 Å². The quantitative estimate of drug-likeness (QED) is 0.669. The van der Waals surface area contributed by atoms with Crippen molar-refractivity contribution in [3.63, 3.8) is 0 Å². The van der Waals surface area contributed by atoms with Gasteiger partial charge in [0, 0.05) is 25.8 Å². The molecule has 3 rings (SSSR count). The largest absolute Gasteiger partial charge is 0.444 e. The molecule has 0 aliphatic carbocycles. The fraction of sp³-hybridized carbons (Fsp3) is 0.500. The van der Waals surface area contributed by atoms with Gasteiger partial charge in [-0.2, -0.15) is 0 Å². The molecule has 0 saturated carbocycles. The summed E-state index contributed by atoms with van der Waals surface area (Å²) in [6.07, 6.45) is -0.0931. The summed E-state index contributed by atoms with van der Waals surface area (Å²) in [5.41, 5.74) is 0.870. The molecule has 2 heterocycles. The Hall–Kier alpha value is -3.20. The molecule has 1 aliphatic rings. The molecule has 0 radical (unpaired) electrons. The second-order valence-electron chi connectivity index (χ2n) is 9.01. The number of methoxy groups -OCH3 is 1. The standard InChI is InChI=1S/C24H32N4O5/c1-16-26-19-15-27(23(31)33-24(2,3)4)13-11-18(19)22(30)28(16)20(17-9-7-6-8-10-17)21(29)25-12-14-32-5/h6-10,20H,11-15H2,1-5H3,(H,25,29). The number of carbonyl (C=O) groups excluding carboxylic acids is 2. The van der Waals surface area contributed by atoms with Crippen LogP contribution in [0.25, 0.3) is 0 Å². The average Bonchev–Trinajstić information content (AvgIpc) is 2.75. The Kier molecular flexibility index (Phi) is 7.53. The zero-order valence-corrected chi connectivity index (χ0v) is 19.9. The molecule has 0 saturated heterocycles. The fourth-order valence-corrected chi connectivity index (χ4v) is 3.83. The monoisotopic (exact) mass is 456 g/mol. The van der Waals surface area contributed by atoms with Gasteiger partial charge < -0.3 is 19.7 Å². The van der Waals surface area contributed by atoms with Crippen molar-refractivity contribution in [1.82, 2.24) is 19.8 Å². The summed E-state index contributed by atoms with van der Waals surface area (Å²) >= 11 is 0. The maximum Gasteiger partial charge on any atom is 0.410 e. The number of benzene rings is 1.